The molecule has 0 aliphatic carbocycles. The molecule has 1 nitrogen and oxygen atoms in total. The molecule has 0 aromatic heterocycles. The van der Waals surface area contributed by atoms with Crippen LogP contribution in [0.5, 0.6) is 11.5 Å². The van der Waals surface area contributed by atoms with Gasteiger partial charge in [0.15, 0.2) is 0 Å². The molecular weight excluding hydrogens is 276 g/mol. The average molecular weight is 291 g/mol. The number of halogens is 1. The first kappa shape index (κ1) is 12.2. The molecule has 0 fully saturated rings. The van der Waals surface area contributed by atoms with Gasteiger partial charge in [-0.2, -0.15) is 0 Å². The number of hydrogen-bond acceptors (Lipinski definition) is 1. The molecule has 0 aliphatic rings. The summed E-state index contributed by atoms with van der Waals surface area (Å²) < 4.78 is 5.98. The zero-order chi connectivity index (χ0) is 12.3. The molecule has 0 unspecified atom stereocenters. The molecule has 0 saturated carbocycles. The van der Waals surface area contributed by atoms with Gasteiger partial charge in [-0.25, -0.2) is 0 Å². The molecular formula is C15H15BrO. The highest BCUT2D eigenvalue weighted by Crippen LogP contribution is 2.29. The van der Waals surface area contributed by atoms with Gasteiger partial charge in [-0.15, -0.1) is 0 Å². The summed E-state index contributed by atoms with van der Waals surface area (Å²) in [5, 5.41) is 0.800. The second-order valence-corrected chi connectivity index (χ2v) is 4.67. The lowest BCUT2D eigenvalue weighted by Crippen LogP contribution is -1.91. The summed E-state index contributed by atoms with van der Waals surface area (Å²) in [5.74, 6) is 1.84. The van der Waals surface area contributed by atoms with Crippen LogP contribution in [0.2, 0.25) is 0 Å². The predicted octanol–water partition coefficient (Wildman–Crippen LogP) is 4.99. The molecule has 0 radical (unpaired) electrons. The number of para-hydroxylation sites is 1. The molecule has 0 atom stereocenters. The van der Waals surface area contributed by atoms with Crippen molar-refractivity contribution >= 4 is 15.9 Å². The van der Waals surface area contributed by atoms with Crippen molar-refractivity contribution in [2.24, 2.45) is 0 Å². The van der Waals surface area contributed by atoms with E-state index in [-0.39, 0.29) is 0 Å². The number of rotatable bonds is 3. The Labute approximate surface area is 111 Å². The van der Waals surface area contributed by atoms with Crippen molar-refractivity contribution in [1.29, 1.82) is 0 Å². The first-order valence-corrected chi connectivity index (χ1v) is 6.72. The summed E-state index contributed by atoms with van der Waals surface area (Å²) in [7, 11) is 0. The Morgan fingerprint density at radius 1 is 1.00 bits per heavy atom. The van der Waals surface area contributed by atoms with Crippen LogP contribution in [0.25, 0.3) is 0 Å². The summed E-state index contributed by atoms with van der Waals surface area (Å²) in [6, 6.07) is 14.3. The lowest BCUT2D eigenvalue weighted by Gasteiger charge is -2.12. The molecule has 0 bridgehead atoms. The molecule has 17 heavy (non-hydrogen) atoms. The Kier molecular flexibility index (Phi) is 3.85. The fourth-order valence-corrected chi connectivity index (χ4v) is 2.11. The van der Waals surface area contributed by atoms with Crippen LogP contribution in [-0.2, 0) is 5.33 Å². The lowest BCUT2D eigenvalue weighted by atomic mass is 10.1. The van der Waals surface area contributed by atoms with E-state index in [1.807, 2.05) is 18.2 Å². The smallest absolute Gasteiger partial charge is 0.131 e. The van der Waals surface area contributed by atoms with Gasteiger partial charge in [0.1, 0.15) is 11.5 Å². The van der Waals surface area contributed by atoms with Crippen molar-refractivity contribution in [1.82, 2.24) is 0 Å². The van der Waals surface area contributed by atoms with Crippen molar-refractivity contribution in [2.75, 3.05) is 0 Å². The Morgan fingerprint density at radius 2 is 1.76 bits per heavy atom. The van der Waals surface area contributed by atoms with E-state index in [0.717, 1.165) is 28.0 Å². The van der Waals surface area contributed by atoms with Gasteiger partial charge in [0, 0.05) is 10.9 Å². The summed E-state index contributed by atoms with van der Waals surface area (Å²) in [6.45, 7) is 4.13. The van der Waals surface area contributed by atoms with Gasteiger partial charge in [-0.3, -0.25) is 0 Å². The van der Waals surface area contributed by atoms with Crippen molar-refractivity contribution < 1.29 is 4.74 Å². The van der Waals surface area contributed by atoms with E-state index >= 15 is 0 Å². The van der Waals surface area contributed by atoms with E-state index in [1.54, 1.807) is 0 Å². The third kappa shape index (κ3) is 2.89. The van der Waals surface area contributed by atoms with Crippen LogP contribution in [0.4, 0.5) is 0 Å². The molecule has 2 heteroatoms. The highest BCUT2D eigenvalue weighted by molar-refractivity contribution is 9.08. The minimum absolute atomic E-state index is 0.800. The van der Waals surface area contributed by atoms with E-state index in [1.165, 1.54) is 5.56 Å². The Hall–Kier alpha value is -1.28. The predicted molar refractivity (Wildman–Crippen MR) is 75.1 cm³/mol. The first-order valence-electron chi connectivity index (χ1n) is 5.59. The van der Waals surface area contributed by atoms with Crippen LogP contribution in [-0.4, -0.2) is 0 Å². The van der Waals surface area contributed by atoms with Gasteiger partial charge in [-0.05, 0) is 37.1 Å². The summed E-state index contributed by atoms with van der Waals surface area (Å²) in [6.07, 6.45) is 0. The Balaban J connectivity index is 2.34. The van der Waals surface area contributed by atoms with Gasteiger partial charge in [0.05, 0.1) is 0 Å². The number of alkyl halides is 1. The normalized spacial score (nSPS) is 10.3. The Morgan fingerprint density at radius 3 is 2.53 bits per heavy atom. The molecule has 0 aliphatic heterocycles. The first-order chi connectivity index (χ1) is 8.20. The van der Waals surface area contributed by atoms with Crippen LogP contribution in [0.1, 0.15) is 16.7 Å². The molecule has 0 saturated heterocycles. The fourth-order valence-electron chi connectivity index (χ4n) is 1.65. The second kappa shape index (κ2) is 5.37. The van der Waals surface area contributed by atoms with Crippen molar-refractivity contribution in [3.8, 4) is 11.5 Å². The van der Waals surface area contributed by atoms with E-state index in [0.29, 0.717) is 0 Å². The highest BCUT2D eigenvalue weighted by Gasteiger charge is 2.05. The van der Waals surface area contributed by atoms with Crippen molar-refractivity contribution in [3.63, 3.8) is 0 Å². The number of benzene rings is 2. The zero-order valence-corrected chi connectivity index (χ0v) is 11.6. The van der Waals surface area contributed by atoms with Crippen molar-refractivity contribution in [3.05, 3.63) is 59.2 Å². The molecule has 0 heterocycles. The number of ether oxygens (including phenoxy) is 1. The van der Waals surface area contributed by atoms with Gasteiger partial charge < -0.3 is 4.74 Å². The van der Waals surface area contributed by atoms with Crippen LogP contribution >= 0.6 is 15.9 Å². The summed E-state index contributed by atoms with van der Waals surface area (Å²) >= 11 is 3.47. The van der Waals surface area contributed by atoms with Gasteiger partial charge in [-0.1, -0.05) is 46.3 Å². The van der Waals surface area contributed by atoms with E-state index in [2.05, 4.69) is 54.0 Å². The second-order valence-electron chi connectivity index (χ2n) is 4.11. The highest BCUT2D eigenvalue weighted by atomic mass is 79.9. The van der Waals surface area contributed by atoms with Crippen LogP contribution < -0.4 is 4.74 Å². The zero-order valence-electron chi connectivity index (χ0n) is 10.0. The topological polar surface area (TPSA) is 9.23 Å². The van der Waals surface area contributed by atoms with Gasteiger partial charge in [0.2, 0.25) is 0 Å². The monoisotopic (exact) mass is 290 g/mol. The van der Waals surface area contributed by atoms with Crippen molar-refractivity contribution in [2.45, 2.75) is 19.2 Å². The Bertz CT molecular complexity index is 520. The van der Waals surface area contributed by atoms with Gasteiger partial charge in [0.25, 0.3) is 0 Å². The molecule has 2 rings (SSSR count). The minimum atomic E-state index is 0.800. The number of hydrogen-bond donors (Lipinski definition) is 0. The minimum Gasteiger partial charge on any atom is -0.457 e. The average Bonchev–Trinajstić information content (AvgIpc) is 2.34. The van der Waals surface area contributed by atoms with Crippen LogP contribution in [0.15, 0.2) is 42.5 Å². The maximum atomic E-state index is 5.98. The lowest BCUT2D eigenvalue weighted by molar-refractivity contribution is 0.474. The molecule has 88 valence electrons. The third-order valence-electron chi connectivity index (χ3n) is 2.68. The molecule has 2 aromatic rings. The van der Waals surface area contributed by atoms with Gasteiger partial charge >= 0.3 is 0 Å². The standard InChI is InChI=1S/C15H15BrO/c1-11-7-8-12(2)15(9-11)17-14-6-4-3-5-13(14)10-16/h3-9H,10H2,1-2H3. The van der Waals surface area contributed by atoms with Crippen LogP contribution in [0.3, 0.4) is 0 Å². The molecule has 0 spiro atoms. The molecule has 2 aromatic carbocycles. The van der Waals surface area contributed by atoms with Crippen LogP contribution in [0, 0.1) is 13.8 Å². The maximum Gasteiger partial charge on any atom is 0.131 e. The fraction of sp³-hybridized carbons (Fsp3) is 0.200. The molecule has 0 amide bonds. The largest absolute Gasteiger partial charge is 0.457 e. The summed E-state index contributed by atoms with van der Waals surface area (Å²) in [4.78, 5) is 0. The quantitative estimate of drug-likeness (QED) is 0.724. The van der Waals surface area contributed by atoms with E-state index in [9.17, 15) is 0 Å². The number of aryl methyl sites for hydroxylation is 2. The van der Waals surface area contributed by atoms with E-state index < -0.39 is 0 Å². The summed E-state index contributed by atoms with van der Waals surface area (Å²) in [5.41, 5.74) is 3.52. The SMILES string of the molecule is Cc1ccc(C)c(Oc2ccccc2CBr)c1. The maximum absolute atomic E-state index is 5.98. The van der Waals surface area contributed by atoms with E-state index in [4.69, 9.17) is 4.74 Å². The molecule has 0 N–H and O–H groups in total. The third-order valence-corrected chi connectivity index (χ3v) is 3.28.